The SMILES string of the molecule is O=Cc1cc(Cl)nc(Br)c1C(F)F. The minimum Gasteiger partial charge on any atom is -0.298 e. The predicted molar refractivity (Wildman–Crippen MR) is 47.3 cm³/mol. The van der Waals surface area contributed by atoms with Crippen LogP contribution in [0.4, 0.5) is 8.78 Å². The average molecular weight is 270 g/mol. The summed E-state index contributed by atoms with van der Waals surface area (Å²) in [6.45, 7) is 0. The van der Waals surface area contributed by atoms with Gasteiger partial charge < -0.3 is 0 Å². The van der Waals surface area contributed by atoms with Crippen molar-refractivity contribution in [3.05, 3.63) is 26.9 Å². The molecule has 0 radical (unpaired) electrons. The lowest BCUT2D eigenvalue weighted by molar-refractivity contribution is 0.110. The van der Waals surface area contributed by atoms with Crippen LogP contribution in [0.3, 0.4) is 0 Å². The van der Waals surface area contributed by atoms with Crippen molar-refractivity contribution in [3.63, 3.8) is 0 Å². The van der Waals surface area contributed by atoms with Gasteiger partial charge in [-0.05, 0) is 22.0 Å². The van der Waals surface area contributed by atoms with Crippen LogP contribution in [0.15, 0.2) is 10.7 Å². The summed E-state index contributed by atoms with van der Waals surface area (Å²) in [7, 11) is 0. The molecule has 0 aliphatic rings. The van der Waals surface area contributed by atoms with Crippen LogP contribution < -0.4 is 0 Å². The number of nitrogens with zero attached hydrogens (tertiary/aromatic N) is 1. The summed E-state index contributed by atoms with van der Waals surface area (Å²) >= 11 is 8.27. The van der Waals surface area contributed by atoms with Gasteiger partial charge in [0.1, 0.15) is 9.76 Å². The smallest absolute Gasteiger partial charge is 0.267 e. The summed E-state index contributed by atoms with van der Waals surface area (Å²) in [5, 5.41) is -0.00150. The maximum Gasteiger partial charge on any atom is 0.267 e. The van der Waals surface area contributed by atoms with E-state index in [1.165, 1.54) is 0 Å². The van der Waals surface area contributed by atoms with Crippen LogP contribution in [-0.4, -0.2) is 11.3 Å². The molecule has 0 saturated heterocycles. The van der Waals surface area contributed by atoms with E-state index in [1.54, 1.807) is 0 Å². The number of hydrogen-bond acceptors (Lipinski definition) is 2. The molecule has 70 valence electrons. The van der Waals surface area contributed by atoms with Gasteiger partial charge in [0.05, 0.1) is 5.56 Å². The van der Waals surface area contributed by atoms with Crippen LogP contribution >= 0.6 is 27.5 Å². The fourth-order valence-electron chi connectivity index (χ4n) is 0.825. The van der Waals surface area contributed by atoms with Crippen molar-refractivity contribution < 1.29 is 13.6 Å². The lowest BCUT2D eigenvalue weighted by atomic mass is 10.2. The standard InChI is InChI=1S/C7H3BrClF2NO/c8-6-5(7(10)11)3(2-13)1-4(9)12-6/h1-2,7H. The molecular formula is C7H3BrClF2NO. The zero-order chi connectivity index (χ0) is 10.0. The molecule has 6 heteroatoms. The zero-order valence-electron chi connectivity index (χ0n) is 6.10. The Morgan fingerprint density at radius 3 is 2.69 bits per heavy atom. The Kier molecular flexibility index (Phi) is 3.33. The molecule has 2 nitrogen and oxygen atoms in total. The van der Waals surface area contributed by atoms with E-state index in [0.717, 1.165) is 6.07 Å². The third-order valence-corrected chi connectivity index (χ3v) is 2.16. The number of aldehydes is 1. The topological polar surface area (TPSA) is 30.0 Å². The Morgan fingerprint density at radius 2 is 2.23 bits per heavy atom. The van der Waals surface area contributed by atoms with Gasteiger partial charge in [0.2, 0.25) is 0 Å². The van der Waals surface area contributed by atoms with E-state index in [9.17, 15) is 13.6 Å². The van der Waals surface area contributed by atoms with Crippen LogP contribution in [0, 0.1) is 0 Å². The number of pyridine rings is 1. The Labute approximate surface area is 86.0 Å². The molecule has 0 fully saturated rings. The molecule has 0 aromatic carbocycles. The van der Waals surface area contributed by atoms with Gasteiger partial charge in [-0.15, -0.1) is 0 Å². The molecule has 1 heterocycles. The largest absolute Gasteiger partial charge is 0.298 e. The third kappa shape index (κ3) is 2.22. The molecular weight excluding hydrogens is 267 g/mol. The van der Waals surface area contributed by atoms with E-state index in [0.29, 0.717) is 6.29 Å². The van der Waals surface area contributed by atoms with Crippen molar-refractivity contribution in [3.8, 4) is 0 Å². The summed E-state index contributed by atoms with van der Waals surface area (Å²) in [5.74, 6) is 0. The van der Waals surface area contributed by atoms with Gasteiger partial charge in [0, 0.05) is 5.56 Å². The summed E-state index contributed by atoms with van der Waals surface area (Å²) < 4.78 is 24.6. The lowest BCUT2D eigenvalue weighted by Gasteiger charge is -2.05. The summed E-state index contributed by atoms with van der Waals surface area (Å²) in [6, 6.07) is 1.10. The Hall–Kier alpha value is -0.550. The number of aromatic nitrogens is 1. The van der Waals surface area contributed by atoms with E-state index in [4.69, 9.17) is 11.6 Å². The molecule has 1 aromatic heterocycles. The zero-order valence-corrected chi connectivity index (χ0v) is 8.44. The first kappa shape index (κ1) is 10.5. The summed E-state index contributed by atoms with van der Waals surface area (Å²) in [6.07, 6.45) is -2.43. The monoisotopic (exact) mass is 269 g/mol. The van der Waals surface area contributed by atoms with Crippen molar-refractivity contribution in [1.29, 1.82) is 0 Å². The Morgan fingerprint density at radius 1 is 1.62 bits per heavy atom. The first-order valence-corrected chi connectivity index (χ1v) is 4.32. The molecule has 0 saturated carbocycles. The number of carbonyl (C=O) groups excluding carboxylic acids is 1. The highest BCUT2D eigenvalue weighted by Crippen LogP contribution is 2.30. The fraction of sp³-hybridized carbons (Fsp3) is 0.143. The Balaban J connectivity index is 3.38. The number of alkyl halides is 2. The van der Waals surface area contributed by atoms with E-state index >= 15 is 0 Å². The quantitative estimate of drug-likeness (QED) is 0.610. The second kappa shape index (κ2) is 4.11. The number of carbonyl (C=O) groups is 1. The molecule has 0 bridgehead atoms. The van der Waals surface area contributed by atoms with Crippen molar-refractivity contribution in [1.82, 2.24) is 4.98 Å². The van der Waals surface area contributed by atoms with Crippen LogP contribution in [-0.2, 0) is 0 Å². The fourth-order valence-corrected chi connectivity index (χ4v) is 1.72. The highest BCUT2D eigenvalue weighted by Gasteiger charge is 2.18. The minimum absolute atomic E-state index is 0.00150. The summed E-state index contributed by atoms with van der Waals surface area (Å²) in [5.41, 5.74) is -0.582. The number of halogens is 4. The van der Waals surface area contributed by atoms with E-state index in [1.807, 2.05) is 0 Å². The molecule has 0 spiro atoms. The average Bonchev–Trinajstić information content (AvgIpc) is 2.01. The number of rotatable bonds is 2. The van der Waals surface area contributed by atoms with Crippen molar-refractivity contribution in [2.75, 3.05) is 0 Å². The highest BCUT2D eigenvalue weighted by atomic mass is 79.9. The van der Waals surface area contributed by atoms with Gasteiger partial charge in [0.15, 0.2) is 6.29 Å². The molecule has 1 rings (SSSR count). The van der Waals surface area contributed by atoms with E-state index in [-0.39, 0.29) is 15.3 Å². The van der Waals surface area contributed by atoms with Gasteiger partial charge in [-0.2, -0.15) is 0 Å². The lowest BCUT2D eigenvalue weighted by Crippen LogP contribution is -1.97. The highest BCUT2D eigenvalue weighted by molar-refractivity contribution is 9.10. The maximum absolute atomic E-state index is 12.3. The summed E-state index contributed by atoms with van der Waals surface area (Å²) in [4.78, 5) is 13.9. The Bertz CT molecular complexity index is 346. The van der Waals surface area contributed by atoms with Gasteiger partial charge in [0.25, 0.3) is 6.43 Å². The minimum atomic E-state index is -2.75. The molecule has 13 heavy (non-hydrogen) atoms. The maximum atomic E-state index is 12.3. The molecule has 0 atom stereocenters. The molecule has 0 aliphatic heterocycles. The van der Waals surface area contributed by atoms with Crippen molar-refractivity contribution >= 4 is 33.8 Å². The van der Waals surface area contributed by atoms with Crippen LogP contribution in [0.25, 0.3) is 0 Å². The second-order valence-corrected chi connectivity index (χ2v) is 3.30. The van der Waals surface area contributed by atoms with Gasteiger partial charge in [-0.1, -0.05) is 11.6 Å². The molecule has 0 aliphatic carbocycles. The first-order valence-electron chi connectivity index (χ1n) is 3.15. The van der Waals surface area contributed by atoms with E-state index in [2.05, 4.69) is 20.9 Å². The number of hydrogen-bond donors (Lipinski definition) is 0. The van der Waals surface area contributed by atoms with E-state index < -0.39 is 12.0 Å². The van der Waals surface area contributed by atoms with Crippen LogP contribution in [0.2, 0.25) is 5.15 Å². The van der Waals surface area contributed by atoms with Crippen molar-refractivity contribution in [2.24, 2.45) is 0 Å². The van der Waals surface area contributed by atoms with Gasteiger partial charge in [-0.3, -0.25) is 4.79 Å². The van der Waals surface area contributed by atoms with Crippen LogP contribution in [0.5, 0.6) is 0 Å². The predicted octanol–water partition coefficient (Wildman–Crippen LogP) is 3.25. The third-order valence-electron chi connectivity index (χ3n) is 1.36. The molecule has 0 N–H and O–H groups in total. The van der Waals surface area contributed by atoms with Crippen molar-refractivity contribution in [2.45, 2.75) is 6.43 Å². The van der Waals surface area contributed by atoms with Gasteiger partial charge in [-0.25, -0.2) is 13.8 Å². The molecule has 1 aromatic rings. The molecule has 0 unspecified atom stereocenters. The van der Waals surface area contributed by atoms with Crippen LogP contribution in [0.1, 0.15) is 22.3 Å². The normalized spacial score (nSPS) is 10.5. The molecule has 0 amide bonds. The van der Waals surface area contributed by atoms with Gasteiger partial charge >= 0.3 is 0 Å². The second-order valence-electron chi connectivity index (χ2n) is 2.16. The first-order chi connectivity index (χ1) is 6.06.